The molecule has 0 aromatic heterocycles. The molecule has 18 nitrogen and oxygen atoms in total. The van der Waals surface area contributed by atoms with Gasteiger partial charge in [-0.05, 0) is 0 Å². The fourth-order valence-corrected chi connectivity index (χ4v) is 1.32. The Morgan fingerprint density at radius 3 is 1.08 bits per heavy atom. The molecule has 0 aliphatic rings. The molecule has 0 aliphatic carbocycles. The Bertz CT molecular complexity index is 732. The van der Waals surface area contributed by atoms with E-state index in [0.29, 0.717) is 12.8 Å². The van der Waals surface area contributed by atoms with Crippen LogP contribution < -0.4 is 0 Å². The molecule has 206 valence electrons. The third kappa shape index (κ3) is 31.7. The smallest absolute Gasteiger partial charge is 0.336 e. The summed E-state index contributed by atoms with van der Waals surface area (Å²) >= 11 is 0. The van der Waals surface area contributed by atoms with Crippen LogP contribution in [0.5, 0.6) is 0 Å². The van der Waals surface area contributed by atoms with E-state index in [4.69, 9.17) is 46.0 Å². The molecule has 9 N–H and O–H groups in total. The number of hydrogen-bond donors (Lipinski definition) is 9. The van der Waals surface area contributed by atoms with E-state index in [1.165, 1.54) is 0 Å². The summed E-state index contributed by atoms with van der Waals surface area (Å²) in [5, 5.41) is 73.8. The third-order valence-electron chi connectivity index (χ3n) is 2.89. The summed E-state index contributed by atoms with van der Waals surface area (Å²) in [7, 11) is 0. The number of aliphatic carboxylic acids is 7. The minimum absolute atomic E-state index is 0.296. The summed E-state index contributed by atoms with van der Waals surface area (Å²) in [6, 6.07) is 0. The highest BCUT2D eigenvalue weighted by atomic mass is 16.4. The zero-order valence-electron chi connectivity index (χ0n) is 18.4. The van der Waals surface area contributed by atoms with Gasteiger partial charge in [-0.2, -0.15) is 0 Å². The molecule has 0 amide bonds. The summed E-state index contributed by atoms with van der Waals surface area (Å²) in [6.07, 6.45) is -3.23. The molecule has 0 radical (unpaired) electrons. The van der Waals surface area contributed by atoms with Gasteiger partial charge in [0.2, 0.25) is 0 Å². The first kappa shape index (κ1) is 38.8. The molecule has 0 aromatic carbocycles. The highest BCUT2D eigenvalue weighted by Crippen LogP contribution is 2.15. The van der Waals surface area contributed by atoms with Crippen LogP contribution in [0.1, 0.15) is 44.9 Å². The molecule has 0 rings (SSSR count). The van der Waals surface area contributed by atoms with Crippen LogP contribution in [0.4, 0.5) is 0 Å². The molecule has 0 bridgehead atoms. The number of hydrogen-bond acceptors (Lipinski definition) is 11. The lowest BCUT2D eigenvalue weighted by atomic mass is 9.96. The zero-order valence-corrected chi connectivity index (χ0v) is 18.4. The lowest BCUT2D eigenvalue weighted by Gasteiger charge is -2.18. The fraction of sp³-hybridized carbons (Fsp3) is 0.500. The van der Waals surface area contributed by atoms with E-state index in [9.17, 15) is 43.2 Å². The molecule has 0 saturated heterocycles. The zero-order chi connectivity index (χ0) is 29.5. The van der Waals surface area contributed by atoms with Crippen LogP contribution in [0.2, 0.25) is 0 Å². The van der Waals surface area contributed by atoms with Crippen molar-refractivity contribution >= 4 is 54.4 Å². The van der Waals surface area contributed by atoms with Gasteiger partial charge in [0, 0.05) is 12.8 Å². The molecule has 0 aromatic rings. The number of aliphatic hydroxyl groups is 2. The molecule has 0 fully saturated rings. The predicted molar refractivity (Wildman–Crippen MR) is 109 cm³/mol. The van der Waals surface area contributed by atoms with Crippen molar-refractivity contribution in [3.8, 4) is 0 Å². The van der Waals surface area contributed by atoms with Crippen LogP contribution >= 0.6 is 0 Å². The van der Waals surface area contributed by atoms with Crippen molar-refractivity contribution in [2.24, 2.45) is 0 Å². The Labute approximate surface area is 201 Å². The highest BCUT2D eigenvalue weighted by Gasteiger charge is 2.40. The van der Waals surface area contributed by atoms with E-state index in [2.05, 4.69) is 0 Å². The molecule has 1 atom stereocenters. The first-order chi connectivity index (χ1) is 16.4. The highest BCUT2D eigenvalue weighted by molar-refractivity contribution is 5.88. The Morgan fingerprint density at radius 2 is 0.944 bits per heavy atom. The van der Waals surface area contributed by atoms with Crippen LogP contribution in [0.3, 0.4) is 0 Å². The Balaban J connectivity index is -0.000000198. The topological polar surface area (TPSA) is 336 Å². The number of aldehydes is 2. The van der Waals surface area contributed by atoms with E-state index in [-0.39, 0.29) is 12.8 Å². The predicted octanol–water partition coefficient (Wildman–Crippen LogP) is -2.24. The summed E-state index contributed by atoms with van der Waals surface area (Å²) < 4.78 is 0. The van der Waals surface area contributed by atoms with Gasteiger partial charge in [0.1, 0.15) is 12.6 Å². The summed E-state index contributed by atoms with van der Waals surface area (Å²) in [5.41, 5.74) is -2.74. The molecule has 0 spiro atoms. The molecule has 0 heterocycles. The monoisotopic (exact) mass is 530 g/mol. The van der Waals surface area contributed by atoms with E-state index < -0.39 is 72.8 Å². The Hall–Kier alpha value is -4.45. The molecule has 36 heavy (non-hydrogen) atoms. The maximum absolute atomic E-state index is 10.3. The van der Waals surface area contributed by atoms with Gasteiger partial charge in [-0.25, -0.2) is 9.59 Å². The van der Waals surface area contributed by atoms with Crippen molar-refractivity contribution in [3.05, 3.63) is 0 Å². The van der Waals surface area contributed by atoms with Gasteiger partial charge in [-0.1, -0.05) is 0 Å². The first-order valence-corrected chi connectivity index (χ1v) is 9.19. The van der Waals surface area contributed by atoms with Crippen molar-refractivity contribution in [1.82, 2.24) is 0 Å². The molecule has 1 unspecified atom stereocenters. The molecular weight excluding hydrogens is 504 g/mol. The SMILES string of the molecule is O=C(O)CC(O)(CC(=O)O)C(=O)O.O=C(O)CC(O)C(=O)O.O=C(O)CCC(=O)O.O=CCCC=O. The first-order valence-electron chi connectivity index (χ1n) is 9.19. The summed E-state index contributed by atoms with van der Waals surface area (Å²) in [4.78, 5) is 88.0. The second-order valence-corrected chi connectivity index (χ2v) is 6.13. The van der Waals surface area contributed by atoms with Gasteiger partial charge in [0.15, 0.2) is 11.7 Å². The Morgan fingerprint density at radius 1 is 0.611 bits per heavy atom. The quantitative estimate of drug-likeness (QED) is 0.0845. The minimum Gasteiger partial charge on any atom is -0.481 e. The van der Waals surface area contributed by atoms with Crippen LogP contribution in [-0.2, 0) is 43.2 Å². The Kier molecular flexibility index (Phi) is 24.1. The van der Waals surface area contributed by atoms with Crippen LogP contribution in [0.15, 0.2) is 0 Å². The van der Waals surface area contributed by atoms with Gasteiger partial charge in [-0.3, -0.25) is 24.0 Å². The van der Waals surface area contributed by atoms with Crippen molar-refractivity contribution in [3.63, 3.8) is 0 Å². The molecule has 18 heteroatoms. The number of aliphatic hydroxyl groups excluding tert-OH is 1. The maximum atomic E-state index is 10.3. The van der Waals surface area contributed by atoms with E-state index in [0.717, 1.165) is 12.6 Å². The van der Waals surface area contributed by atoms with Gasteiger partial charge in [0.25, 0.3) is 0 Å². The molecular formula is C18H26O18. The van der Waals surface area contributed by atoms with Gasteiger partial charge in [-0.15, -0.1) is 0 Å². The number of rotatable bonds is 14. The van der Waals surface area contributed by atoms with Crippen molar-refractivity contribution < 1.29 is 89.1 Å². The van der Waals surface area contributed by atoms with Gasteiger partial charge < -0.3 is 55.5 Å². The number of carbonyl (C=O) groups is 9. The number of unbranched alkanes of at least 4 members (excludes halogenated alkanes) is 1. The van der Waals surface area contributed by atoms with Crippen molar-refractivity contribution in [2.45, 2.75) is 56.7 Å². The third-order valence-corrected chi connectivity index (χ3v) is 2.89. The standard InChI is InChI=1S/C6H8O7.C4H6O5.C4H6O4.C4H6O2/c7-3(8)1-6(13,5(11)12)2-4(9)10;5-2(4(8)9)1-3(6)7;5-3(6)1-2-4(7)8;5-3-1-2-4-6/h13H,1-2H2,(H,7,8)(H,9,10)(H,11,12);2,5H,1H2,(H,6,7)(H,8,9);1-2H2,(H,5,6)(H,7,8);3-4H,1-2H2. The second kappa shape index (κ2) is 22.3. The average molecular weight is 530 g/mol. The fourth-order valence-electron chi connectivity index (χ4n) is 1.32. The van der Waals surface area contributed by atoms with E-state index >= 15 is 0 Å². The molecule has 0 saturated carbocycles. The normalized spacial score (nSPS) is 10.2. The number of carboxylic acids is 7. The lowest BCUT2D eigenvalue weighted by molar-refractivity contribution is -0.170. The van der Waals surface area contributed by atoms with Crippen molar-refractivity contribution in [1.29, 1.82) is 0 Å². The summed E-state index contributed by atoms with van der Waals surface area (Å²) in [5.74, 6) is -10.0. The maximum Gasteiger partial charge on any atom is 0.336 e. The number of carboxylic acid groups (broad SMARTS) is 7. The largest absolute Gasteiger partial charge is 0.481 e. The summed E-state index contributed by atoms with van der Waals surface area (Å²) in [6.45, 7) is 0. The second-order valence-electron chi connectivity index (χ2n) is 6.13. The van der Waals surface area contributed by atoms with E-state index in [1.54, 1.807) is 0 Å². The molecule has 0 aliphatic heterocycles. The van der Waals surface area contributed by atoms with Gasteiger partial charge in [0.05, 0.1) is 32.1 Å². The van der Waals surface area contributed by atoms with Crippen LogP contribution in [-0.4, -0.2) is 112 Å². The van der Waals surface area contributed by atoms with Crippen LogP contribution in [0, 0.1) is 0 Å². The van der Waals surface area contributed by atoms with Gasteiger partial charge >= 0.3 is 41.8 Å². The van der Waals surface area contributed by atoms with Crippen molar-refractivity contribution in [2.75, 3.05) is 0 Å². The van der Waals surface area contributed by atoms with E-state index in [1.807, 2.05) is 0 Å². The minimum atomic E-state index is -2.74. The number of carbonyl (C=O) groups excluding carboxylic acids is 2. The van der Waals surface area contributed by atoms with Crippen LogP contribution in [0.25, 0.3) is 0 Å². The lowest BCUT2D eigenvalue weighted by Crippen LogP contribution is -2.42. The average Bonchev–Trinajstić information content (AvgIpc) is 2.70.